The van der Waals surface area contributed by atoms with Crippen molar-refractivity contribution in [3.63, 3.8) is 0 Å². The van der Waals surface area contributed by atoms with Crippen LogP contribution < -0.4 is 30.9 Å². The molecule has 4 amide bonds. The maximum Gasteiger partial charge on any atom is 0.420 e. The van der Waals surface area contributed by atoms with Gasteiger partial charge in [-0.2, -0.15) is 18.4 Å². The van der Waals surface area contributed by atoms with Crippen LogP contribution in [0.5, 0.6) is 5.88 Å². The number of thiocarbonyl (C=S) groups is 1. The fourth-order valence-electron chi connectivity index (χ4n) is 8.68. The summed E-state index contributed by atoms with van der Waals surface area (Å²) in [6.07, 6.45) is -3.65. The number of pyridine rings is 1. The number of halogens is 4. The van der Waals surface area contributed by atoms with Crippen molar-refractivity contribution in [2.24, 2.45) is 11.1 Å². The number of aromatic nitrogens is 2. The number of primary amides is 1. The van der Waals surface area contributed by atoms with E-state index in [1.807, 2.05) is 52.0 Å². The maximum absolute atomic E-state index is 15.5. The first kappa shape index (κ1) is 58.1. The van der Waals surface area contributed by atoms with Crippen LogP contribution in [0.3, 0.4) is 0 Å². The monoisotopic (exact) mass is 1080 g/mol. The number of aliphatic hydroxyl groups excluding tert-OH is 2. The lowest BCUT2D eigenvalue weighted by molar-refractivity contribution is -0.143. The first-order valence-electron chi connectivity index (χ1n) is 24.1. The van der Waals surface area contributed by atoms with E-state index < -0.39 is 87.0 Å². The van der Waals surface area contributed by atoms with Gasteiger partial charge in [-0.1, -0.05) is 45.0 Å². The van der Waals surface area contributed by atoms with Crippen LogP contribution in [0.4, 0.5) is 28.9 Å². The fourth-order valence-corrected chi connectivity index (χ4v) is 10.0. The molecule has 2 aromatic carbocycles. The summed E-state index contributed by atoms with van der Waals surface area (Å²) in [5, 5.41) is 36.1. The molecule has 0 radical (unpaired) electrons. The molecule has 404 valence electrons. The highest BCUT2D eigenvalue weighted by atomic mass is 32.1. The Kier molecular flexibility index (Phi) is 19.1. The molecule has 24 heteroatoms. The molecule has 6 N–H and O–H groups in total. The number of unbranched alkanes of at least 4 members (excludes halogenated alkanes) is 2. The molecule has 6 rings (SSSR count). The van der Waals surface area contributed by atoms with Gasteiger partial charge in [0.2, 0.25) is 17.7 Å². The predicted octanol–water partition coefficient (Wildman–Crippen LogP) is 6.13. The number of carbonyl (C=O) groups excluding carboxylic acids is 4. The summed E-state index contributed by atoms with van der Waals surface area (Å²) in [7, 11) is 0. The standard InChI is InChI=1S/C51H61F4N9O9S2/c1-29-41(75-28-60-29)31-13-11-30(12-14-31)24-58-44(68)37-22-34(65)26-62(37)46(69)42(49(2,3)4)61-38(66)27-72-19-10-18-71-17-8-7-9-20-73-45-35(43(57)67)21-33(25-59-45)64-48(74)63(47(70)50(64,5)6)36-16-15-32(23-56)39(40(36)52)51(53,54)55/h11-16,21,25,28,34,37-38,42,61,65-66H,7-10,17-20,22,24,26-27H2,1-6H3,(H2,57,67)(H,58,68)/t34-,37+,38?,42-/m1/s1. The number of benzene rings is 2. The van der Waals surface area contributed by atoms with E-state index in [2.05, 4.69) is 20.6 Å². The van der Waals surface area contributed by atoms with Crippen LogP contribution in [0, 0.1) is 29.5 Å². The van der Waals surface area contributed by atoms with E-state index in [4.69, 9.17) is 32.2 Å². The van der Waals surface area contributed by atoms with E-state index in [0.717, 1.165) is 33.8 Å². The number of alkyl halides is 3. The number of nitrogens with zero attached hydrogens (tertiary/aromatic N) is 6. The van der Waals surface area contributed by atoms with Gasteiger partial charge in [-0.25, -0.2) is 14.4 Å². The van der Waals surface area contributed by atoms with Crippen molar-refractivity contribution >= 4 is 63.7 Å². The van der Waals surface area contributed by atoms with E-state index in [-0.39, 0.29) is 62.4 Å². The minimum atomic E-state index is -5.25. The Morgan fingerprint density at radius 2 is 1.71 bits per heavy atom. The lowest BCUT2D eigenvalue weighted by atomic mass is 9.85. The normalized spacial score (nSPS) is 17.6. The SMILES string of the molecule is Cc1ncsc1-c1ccc(CNC(=O)[C@@H]2C[C@@H](O)CN2C(=O)[C@@H](NC(O)COCCCOCCCCCOc2ncc(N3C(=S)N(c4ccc(C#N)c(C(F)(F)F)c4F)C(=O)C3(C)C)cc2C(N)=O)C(C)(C)C)cc1. The van der Waals surface area contributed by atoms with Gasteiger partial charge >= 0.3 is 6.18 Å². The molecule has 1 unspecified atom stereocenters. The Hall–Kier alpha value is -6.20. The van der Waals surface area contributed by atoms with Crippen molar-refractivity contribution < 1.29 is 61.2 Å². The summed E-state index contributed by atoms with van der Waals surface area (Å²) in [4.78, 5) is 66.4. The molecule has 4 atom stereocenters. The van der Waals surface area contributed by atoms with Gasteiger partial charge in [0.15, 0.2) is 10.9 Å². The molecule has 0 spiro atoms. The maximum atomic E-state index is 15.5. The number of carbonyl (C=O) groups is 4. The summed E-state index contributed by atoms with van der Waals surface area (Å²) < 4.78 is 74.0. The summed E-state index contributed by atoms with van der Waals surface area (Å²) in [6.45, 7) is 11.5. The first-order chi connectivity index (χ1) is 35.4. The number of anilines is 2. The number of β-amino-alcohol motifs (C(OH)–C–C–N with tert-alkyl or cyclic N) is 1. The molecule has 2 aromatic heterocycles. The summed E-state index contributed by atoms with van der Waals surface area (Å²) in [5.74, 6) is -4.59. The second-order valence-electron chi connectivity index (χ2n) is 19.7. The quantitative estimate of drug-likeness (QED) is 0.0243. The van der Waals surface area contributed by atoms with Gasteiger partial charge in [-0.15, -0.1) is 11.3 Å². The van der Waals surface area contributed by atoms with Crippen LogP contribution in [-0.2, 0) is 36.6 Å². The minimum Gasteiger partial charge on any atom is -0.477 e. The third-order valence-electron chi connectivity index (χ3n) is 12.6. The molecular weight excluding hydrogens is 1020 g/mol. The Bertz CT molecular complexity index is 2770. The third kappa shape index (κ3) is 13.8. The first-order valence-corrected chi connectivity index (χ1v) is 25.4. The summed E-state index contributed by atoms with van der Waals surface area (Å²) in [5.41, 5.74) is 4.27. The van der Waals surface area contributed by atoms with E-state index in [0.29, 0.717) is 43.8 Å². The molecule has 2 aliphatic heterocycles. The number of nitriles is 1. The van der Waals surface area contributed by atoms with Crippen LogP contribution in [0.1, 0.15) is 99.5 Å². The largest absolute Gasteiger partial charge is 0.477 e. The summed E-state index contributed by atoms with van der Waals surface area (Å²) in [6, 6.07) is 10.2. The number of nitrogens with one attached hydrogen (secondary N) is 2. The number of rotatable bonds is 23. The van der Waals surface area contributed by atoms with E-state index in [1.54, 1.807) is 16.8 Å². The van der Waals surface area contributed by atoms with Crippen LogP contribution >= 0.6 is 23.6 Å². The topological polar surface area (TPSA) is 246 Å². The molecule has 4 heterocycles. The molecule has 4 aromatic rings. The van der Waals surface area contributed by atoms with Crippen LogP contribution in [0.25, 0.3) is 10.4 Å². The van der Waals surface area contributed by atoms with E-state index in [9.17, 15) is 47.8 Å². The number of amides is 4. The van der Waals surface area contributed by atoms with Gasteiger partial charge in [-0.3, -0.25) is 29.4 Å². The van der Waals surface area contributed by atoms with Crippen molar-refractivity contribution in [2.75, 3.05) is 49.4 Å². The zero-order chi connectivity index (χ0) is 55.0. The van der Waals surface area contributed by atoms with Gasteiger partial charge in [0.05, 0.1) is 70.6 Å². The number of likely N-dealkylation sites (tertiary alicyclic amines) is 1. The van der Waals surface area contributed by atoms with Gasteiger partial charge < -0.3 is 45.3 Å². The van der Waals surface area contributed by atoms with Gasteiger partial charge in [0, 0.05) is 39.3 Å². The average molecular weight is 1080 g/mol. The lowest BCUT2D eigenvalue weighted by Gasteiger charge is -2.36. The van der Waals surface area contributed by atoms with Gasteiger partial charge in [0.1, 0.15) is 28.9 Å². The number of hydrogen-bond donors (Lipinski definition) is 5. The number of nitrogens with two attached hydrogens (primary N) is 1. The van der Waals surface area contributed by atoms with Crippen molar-refractivity contribution in [1.82, 2.24) is 25.5 Å². The number of aryl methyl sites for hydroxylation is 1. The highest BCUT2D eigenvalue weighted by Gasteiger charge is 2.52. The van der Waals surface area contributed by atoms with Crippen molar-refractivity contribution in [3.8, 4) is 22.4 Å². The van der Waals surface area contributed by atoms with Crippen LogP contribution in [-0.4, -0.2) is 123 Å². The molecule has 2 fully saturated rings. The Morgan fingerprint density at radius 3 is 2.35 bits per heavy atom. The lowest BCUT2D eigenvalue weighted by Crippen LogP contribution is -2.59. The number of aliphatic hydroxyl groups is 2. The molecule has 2 saturated heterocycles. The number of thiazole rings is 1. The zero-order valence-corrected chi connectivity index (χ0v) is 44.0. The van der Waals surface area contributed by atoms with Gasteiger partial charge in [0.25, 0.3) is 11.8 Å². The Labute approximate surface area is 441 Å². The van der Waals surface area contributed by atoms with Gasteiger partial charge in [-0.05, 0) is 93.4 Å². The molecule has 0 aliphatic carbocycles. The van der Waals surface area contributed by atoms with Crippen molar-refractivity contribution in [3.05, 3.63) is 87.9 Å². The van der Waals surface area contributed by atoms with Crippen LogP contribution in [0.2, 0.25) is 0 Å². The smallest absolute Gasteiger partial charge is 0.420 e. The highest BCUT2D eigenvalue weighted by Crippen LogP contribution is 2.42. The van der Waals surface area contributed by atoms with Crippen molar-refractivity contribution in [2.45, 2.75) is 116 Å². The van der Waals surface area contributed by atoms with E-state index >= 15 is 4.39 Å². The second-order valence-corrected chi connectivity index (χ2v) is 20.9. The summed E-state index contributed by atoms with van der Waals surface area (Å²) >= 11 is 7.04. The average Bonchev–Trinajstić information content (AvgIpc) is 4.01. The highest BCUT2D eigenvalue weighted by molar-refractivity contribution is 7.81. The molecule has 0 saturated carbocycles. The van der Waals surface area contributed by atoms with Crippen molar-refractivity contribution in [1.29, 1.82) is 5.26 Å². The molecule has 18 nitrogen and oxygen atoms in total. The zero-order valence-electron chi connectivity index (χ0n) is 42.3. The Balaban J connectivity index is 0.892. The predicted molar refractivity (Wildman–Crippen MR) is 274 cm³/mol. The fraction of sp³-hybridized carbons (Fsp3) is 0.490. The molecule has 2 aliphatic rings. The van der Waals surface area contributed by atoms with E-state index in [1.165, 1.54) is 42.0 Å². The minimum absolute atomic E-state index is 0.0268. The molecule has 0 bridgehead atoms. The number of ether oxygens (including phenoxy) is 3. The molecular formula is C51H61F4N9O9S2. The Morgan fingerprint density at radius 1 is 1.03 bits per heavy atom. The third-order valence-corrected chi connectivity index (χ3v) is 13.9. The number of hydrogen-bond acceptors (Lipinski definition) is 15. The van der Waals surface area contributed by atoms with Crippen LogP contribution in [0.15, 0.2) is 54.2 Å². The second kappa shape index (κ2) is 24.6. The molecule has 75 heavy (non-hydrogen) atoms.